The zero-order chi connectivity index (χ0) is 11.1. The Hall–Kier alpha value is -1.51. The van der Waals surface area contributed by atoms with E-state index in [0.29, 0.717) is 6.04 Å². The maximum Gasteiger partial charge on any atom is 0.150 e. The topological polar surface area (TPSA) is 32.3 Å². The average molecular weight is 216 g/mol. The lowest BCUT2D eigenvalue weighted by molar-refractivity contribution is 0.112. The van der Waals surface area contributed by atoms with Gasteiger partial charge in [0.05, 0.1) is 11.4 Å². The van der Waals surface area contributed by atoms with Crippen molar-refractivity contribution >= 4 is 17.7 Å². The summed E-state index contributed by atoms with van der Waals surface area (Å²) in [5.74, 6) is 0. The zero-order valence-corrected chi connectivity index (χ0v) is 9.44. The van der Waals surface area contributed by atoms with Gasteiger partial charge < -0.3 is 10.2 Å². The van der Waals surface area contributed by atoms with Crippen molar-refractivity contribution in [3.8, 4) is 0 Å². The molecule has 1 aromatic carbocycles. The minimum absolute atomic E-state index is 0.544. The van der Waals surface area contributed by atoms with Crippen molar-refractivity contribution in [2.45, 2.75) is 31.8 Å². The van der Waals surface area contributed by atoms with E-state index in [0.717, 1.165) is 30.1 Å². The van der Waals surface area contributed by atoms with E-state index in [9.17, 15) is 4.79 Å². The Balaban J connectivity index is 2.02. The molecule has 84 valence electrons. The fourth-order valence-corrected chi connectivity index (χ4v) is 2.50. The molecule has 3 nitrogen and oxygen atoms in total. The van der Waals surface area contributed by atoms with Gasteiger partial charge in [-0.3, -0.25) is 4.79 Å². The molecule has 0 bridgehead atoms. The number of fused-ring (bicyclic) bond motifs is 1. The quantitative estimate of drug-likeness (QED) is 0.770. The number of rotatable bonds is 2. The summed E-state index contributed by atoms with van der Waals surface area (Å²) in [6, 6.07) is 7.19. The predicted octanol–water partition coefficient (Wildman–Crippen LogP) is 2.28. The zero-order valence-electron chi connectivity index (χ0n) is 9.44. The largest absolute Gasteiger partial charge is 0.381 e. The van der Waals surface area contributed by atoms with Crippen LogP contribution in [0.5, 0.6) is 0 Å². The minimum Gasteiger partial charge on any atom is -0.381 e. The first kappa shape index (κ1) is 9.70. The van der Waals surface area contributed by atoms with Gasteiger partial charge in [0.25, 0.3) is 0 Å². The molecule has 3 heteroatoms. The smallest absolute Gasteiger partial charge is 0.150 e. The molecule has 0 saturated heterocycles. The third-order valence-electron chi connectivity index (χ3n) is 3.44. The Labute approximate surface area is 95.4 Å². The van der Waals surface area contributed by atoms with Crippen LogP contribution in [-0.4, -0.2) is 24.9 Å². The van der Waals surface area contributed by atoms with E-state index in [-0.39, 0.29) is 0 Å². The van der Waals surface area contributed by atoms with Gasteiger partial charge in [-0.1, -0.05) is 0 Å². The first-order chi connectivity index (χ1) is 7.79. The highest BCUT2D eigenvalue weighted by Gasteiger charge is 2.35. The number of benzene rings is 1. The van der Waals surface area contributed by atoms with Crippen molar-refractivity contribution in [2.24, 2.45) is 0 Å². The lowest BCUT2D eigenvalue weighted by Gasteiger charge is -2.38. The van der Waals surface area contributed by atoms with Crippen molar-refractivity contribution in [3.05, 3.63) is 23.8 Å². The van der Waals surface area contributed by atoms with E-state index in [1.54, 1.807) is 0 Å². The van der Waals surface area contributed by atoms with Gasteiger partial charge in [-0.15, -0.1) is 0 Å². The lowest BCUT2D eigenvalue weighted by Crippen LogP contribution is -2.43. The monoisotopic (exact) mass is 216 g/mol. The second-order valence-corrected chi connectivity index (χ2v) is 4.76. The summed E-state index contributed by atoms with van der Waals surface area (Å²) in [4.78, 5) is 13.2. The van der Waals surface area contributed by atoms with E-state index >= 15 is 0 Å². The van der Waals surface area contributed by atoms with Crippen molar-refractivity contribution in [1.82, 2.24) is 0 Å². The molecule has 1 aliphatic carbocycles. The molecule has 1 unspecified atom stereocenters. The van der Waals surface area contributed by atoms with Crippen LogP contribution >= 0.6 is 0 Å². The van der Waals surface area contributed by atoms with E-state index in [2.05, 4.69) is 23.2 Å². The Morgan fingerprint density at radius 3 is 2.94 bits per heavy atom. The number of nitrogens with zero attached hydrogens (tertiary/aromatic N) is 1. The lowest BCUT2D eigenvalue weighted by atomic mass is 10.1. The van der Waals surface area contributed by atoms with Crippen LogP contribution < -0.4 is 10.2 Å². The van der Waals surface area contributed by atoms with Crippen LogP contribution in [0.4, 0.5) is 11.4 Å². The Kier molecular flexibility index (Phi) is 2.13. The van der Waals surface area contributed by atoms with Gasteiger partial charge in [0.1, 0.15) is 6.29 Å². The van der Waals surface area contributed by atoms with Crippen LogP contribution in [0.25, 0.3) is 0 Å². The number of hydrogen-bond donors (Lipinski definition) is 1. The minimum atomic E-state index is 0.544. The SMILES string of the molecule is CC1CNc2cc(C=O)ccc2N1C1CC1. The Morgan fingerprint density at radius 1 is 1.44 bits per heavy atom. The van der Waals surface area contributed by atoms with Gasteiger partial charge in [0.2, 0.25) is 0 Å². The summed E-state index contributed by atoms with van der Waals surface area (Å²) >= 11 is 0. The molecule has 3 rings (SSSR count). The molecule has 0 amide bonds. The average Bonchev–Trinajstić information content (AvgIpc) is 3.12. The van der Waals surface area contributed by atoms with Crippen LogP contribution in [0.15, 0.2) is 18.2 Å². The van der Waals surface area contributed by atoms with Crippen molar-refractivity contribution < 1.29 is 4.79 Å². The molecule has 1 heterocycles. The number of nitrogens with one attached hydrogen (secondary N) is 1. The summed E-state index contributed by atoms with van der Waals surface area (Å²) in [5.41, 5.74) is 3.11. The van der Waals surface area contributed by atoms with E-state index in [1.165, 1.54) is 18.5 Å². The van der Waals surface area contributed by atoms with Crippen LogP contribution in [0, 0.1) is 0 Å². The second kappa shape index (κ2) is 3.51. The molecule has 0 radical (unpaired) electrons. The van der Waals surface area contributed by atoms with E-state index in [4.69, 9.17) is 0 Å². The summed E-state index contributed by atoms with van der Waals surface area (Å²) < 4.78 is 0. The predicted molar refractivity (Wildman–Crippen MR) is 65.3 cm³/mol. The van der Waals surface area contributed by atoms with Gasteiger partial charge in [-0.2, -0.15) is 0 Å². The van der Waals surface area contributed by atoms with Crippen LogP contribution in [0.1, 0.15) is 30.1 Å². The fraction of sp³-hybridized carbons (Fsp3) is 0.462. The highest BCUT2D eigenvalue weighted by Crippen LogP contribution is 2.40. The number of aldehydes is 1. The molecule has 1 aromatic rings. The summed E-state index contributed by atoms with van der Waals surface area (Å²) in [6.45, 7) is 3.22. The fourth-order valence-electron chi connectivity index (χ4n) is 2.50. The molecule has 16 heavy (non-hydrogen) atoms. The van der Waals surface area contributed by atoms with Crippen molar-refractivity contribution in [3.63, 3.8) is 0 Å². The molecule has 1 atom stereocenters. The molecule has 1 fully saturated rings. The second-order valence-electron chi connectivity index (χ2n) is 4.76. The highest BCUT2D eigenvalue weighted by molar-refractivity contribution is 5.83. The number of carbonyl (C=O) groups is 1. The highest BCUT2D eigenvalue weighted by atomic mass is 16.1. The van der Waals surface area contributed by atoms with E-state index < -0.39 is 0 Å². The van der Waals surface area contributed by atoms with Gasteiger partial charge in [-0.05, 0) is 38.0 Å². The van der Waals surface area contributed by atoms with Crippen molar-refractivity contribution in [2.75, 3.05) is 16.8 Å². The first-order valence-corrected chi connectivity index (χ1v) is 5.91. The van der Waals surface area contributed by atoms with Gasteiger partial charge in [0, 0.05) is 24.2 Å². The Morgan fingerprint density at radius 2 is 2.25 bits per heavy atom. The van der Waals surface area contributed by atoms with E-state index in [1.807, 2.05) is 12.1 Å². The number of hydrogen-bond acceptors (Lipinski definition) is 3. The molecular weight excluding hydrogens is 200 g/mol. The third-order valence-corrected chi connectivity index (χ3v) is 3.44. The molecule has 0 aromatic heterocycles. The van der Waals surface area contributed by atoms with Crippen LogP contribution in [-0.2, 0) is 0 Å². The molecule has 1 saturated carbocycles. The maximum atomic E-state index is 10.7. The van der Waals surface area contributed by atoms with Gasteiger partial charge >= 0.3 is 0 Å². The van der Waals surface area contributed by atoms with Crippen molar-refractivity contribution in [1.29, 1.82) is 0 Å². The normalized spacial score (nSPS) is 23.6. The number of anilines is 2. The standard InChI is InChI=1S/C13H16N2O/c1-9-7-14-12-6-10(8-16)2-5-13(12)15(9)11-3-4-11/h2,5-6,8-9,11,14H,3-4,7H2,1H3. The summed E-state index contributed by atoms with van der Waals surface area (Å²) in [5, 5.41) is 3.40. The summed E-state index contributed by atoms with van der Waals surface area (Å²) in [7, 11) is 0. The first-order valence-electron chi connectivity index (χ1n) is 5.91. The molecule has 2 aliphatic rings. The third kappa shape index (κ3) is 1.47. The van der Waals surface area contributed by atoms with Crippen LogP contribution in [0.3, 0.4) is 0 Å². The molecule has 1 aliphatic heterocycles. The Bertz CT molecular complexity index is 426. The van der Waals surface area contributed by atoms with Crippen LogP contribution in [0.2, 0.25) is 0 Å². The number of carbonyl (C=O) groups excluding carboxylic acids is 1. The molecule has 0 spiro atoms. The van der Waals surface area contributed by atoms with Gasteiger partial charge in [-0.25, -0.2) is 0 Å². The molecular formula is C13H16N2O. The maximum absolute atomic E-state index is 10.7. The van der Waals surface area contributed by atoms with Gasteiger partial charge in [0.15, 0.2) is 0 Å². The summed E-state index contributed by atoms with van der Waals surface area (Å²) in [6.07, 6.45) is 3.51. The molecule has 1 N–H and O–H groups in total.